The number of sulfonamides is 1. The van der Waals surface area contributed by atoms with Gasteiger partial charge in [-0.25, -0.2) is 8.42 Å². The average molecular weight is 286 g/mol. The monoisotopic (exact) mass is 286 g/mol. The summed E-state index contributed by atoms with van der Waals surface area (Å²) >= 11 is 0. The lowest BCUT2D eigenvalue weighted by Crippen LogP contribution is -2.31. The summed E-state index contributed by atoms with van der Waals surface area (Å²) in [5.74, 6) is 0. The number of benzene rings is 1. The third kappa shape index (κ3) is 3.46. The van der Waals surface area contributed by atoms with Crippen LogP contribution >= 0.6 is 0 Å². The van der Waals surface area contributed by atoms with E-state index in [1.807, 2.05) is 19.9 Å². The van der Waals surface area contributed by atoms with E-state index in [0.717, 1.165) is 5.56 Å². The van der Waals surface area contributed by atoms with Crippen LogP contribution in [0.25, 0.3) is 0 Å². The van der Waals surface area contributed by atoms with Crippen LogP contribution in [0.3, 0.4) is 0 Å². The molecule has 0 aliphatic carbocycles. The van der Waals surface area contributed by atoms with Crippen LogP contribution in [0.1, 0.15) is 18.1 Å². The molecule has 0 heterocycles. The number of likely N-dealkylation sites (N-methyl/N-ethyl adjacent to an activating group) is 1. The molecule has 0 spiro atoms. The molecule has 0 aliphatic heterocycles. The maximum atomic E-state index is 12.5. The van der Waals surface area contributed by atoms with E-state index in [-0.39, 0.29) is 10.6 Å². The first-order chi connectivity index (χ1) is 8.82. The number of rotatable bonds is 6. The Morgan fingerprint density at radius 2 is 1.95 bits per heavy atom. The number of aryl methyl sites for hydroxylation is 1. The van der Waals surface area contributed by atoms with Crippen molar-refractivity contribution in [1.82, 2.24) is 4.31 Å². The molecule has 0 aliphatic rings. The molecule has 0 saturated heterocycles. The van der Waals surface area contributed by atoms with Crippen molar-refractivity contribution in [3.63, 3.8) is 0 Å². The zero-order valence-corrected chi connectivity index (χ0v) is 12.8. The van der Waals surface area contributed by atoms with Crippen LogP contribution in [-0.2, 0) is 14.8 Å². The van der Waals surface area contributed by atoms with Crippen LogP contribution in [0.15, 0.2) is 17.0 Å². The molecule has 19 heavy (non-hydrogen) atoms. The lowest BCUT2D eigenvalue weighted by atomic mass is 10.1. The average Bonchev–Trinajstić information content (AvgIpc) is 2.34. The quantitative estimate of drug-likeness (QED) is 0.636. The molecule has 1 rings (SSSR count). The van der Waals surface area contributed by atoms with Crippen LogP contribution < -0.4 is 5.73 Å². The summed E-state index contributed by atoms with van der Waals surface area (Å²) in [6.07, 6.45) is 0. The predicted octanol–water partition coefficient (Wildman–Crippen LogP) is 1.54. The van der Waals surface area contributed by atoms with Crippen LogP contribution in [0.4, 0.5) is 5.69 Å². The van der Waals surface area contributed by atoms with E-state index in [0.29, 0.717) is 25.3 Å². The molecule has 5 nitrogen and oxygen atoms in total. The van der Waals surface area contributed by atoms with E-state index < -0.39 is 10.0 Å². The second-order valence-corrected chi connectivity index (χ2v) is 6.43. The number of nitrogens with zero attached hydrogens (tertiary/aromatic N) is 1. The van der Waals surface area contributed by atoms with E-state index in [1.165, 1.54) is 11.4 Å². The Hall–Kier alpha value is -1.11. The Morgan fingerprint density at radius 1 is 1.32 bits per heavy atom. The normalized spacial score (nSPS) is 12.1. The summed E-state index contributed by atoms with van der Waals surface area (Å²) in [7, 11) is -2.04. The predicted molar refractivity (Wildman–Crippen MR) is 76.6 cm³/mol. The number of hydrogen-bond acceptors (Lipinski definition) is 4. The van der Waals surface area contributed by atoms with Gasteiger partial charge in [-0.2, -0.15) is 4.31 Å². The van der Waals surface area contributed by atoms with Gasteiger partial charge in [-0.3, -0.25) is 0 Å². The van der Waals surface area contributed by atoms with Gasteiger partial charge in [0.05, 0.1) is 12.3 Å². The van der Waals surface area contributed by atoms with Gasteiger partial charge in [-0.05, 0) is 38.0 Å². The van der Waals surface area contributed by atoms with Gasteiger partial charge in [-0.1, -0.05) is 6.07 Å². The van der Waals surface area contributed by atoms with E-state index in [2.05, 4.69) is 0 Å². The topological polar surface area (TPSA) is 72.6 Å². The largest absolute Gasteiger partial charge is 0.398 e. The first-order valence-corrected chi connectivity index (χ1v) is 7.66. The molecule has 0 amide bonds. The maximum absolute atomic E-state index is 12.5. The Kier molecular flexibility index (Phi) is 5.34. The minimum absolute atomic E-state index is 0.200. The number of nitrogens with two attached hydrogens (primary N) is 1. The first-order valence-electron chi connectivity index (χ1n) is 6.22. The molecule has 0 atom stereocenters. The molecule has 2 N–H and O–H groups in total. The Morgan fingerprint density at radius 3 is 2.53 bits per heavy atom. The van der Waals surface area contributed by atoms with Crippen LogP contribution in [-0.4, -0.2) is 39.5 Å². The summed E-state index contributed by atoms with van der Waals surface area (Å²) in [6.45, 7) is 6.76. The summed E-state index contributed by atoms with van der Waals surface area (Å²) < 4.78 is 31.5. The SMILES string of the molecule is CCOCCN(C)S(=O)(=O)c1c(N)ccc(C)c1C. The molecule has 0 saturated carbocycles. The highest BCUT2D eigenvalue weighted by atomic mass is 32.2. The van der Waals surface area contributed by atoms with E-state index in [4.69, 9.17) is 10.5 Å². The van der Waals surface area contributed by atoms with Gasteiger partial charge >= 0.3 is 0 Å². The molecule has 0 bridgehead atoms. The van der Waals surface area contributed by atoms with Crippen LogP contribution in [0.5, 0.6) is 0 Å². The van der Waals surface area contributed by atoms with E-state index in [9.17, 15) is 8.42 Å². The van der Waals surface area contributed by atoms with E-state index >= 15 is 0 Å². The van der Waals surface area contributed by atoms with Gasteiger partial charge in [0.25, 0.3) is 0 Å². The van der Waals surface area contributed by atoms with Gasteiger partial charge < -0.3 is 10.5 Å². The van der Waals surface area contributed by atoms with Crippen molar-refractivity contribution in [2.75, 3.05) is 32.5 Å². The molecule has 0 unspecified atom stereocenters. The molecule has 1 aromatic rings. The molecule has 0 fully saturated rings. The highest BCUT2D eigenvalue weighted by Gasteiger charge is 2.25. The molecular weight excluding hydrogens is 264 g/mol. The Bertz CT molecular complexity index is 541. The minimum Gasteiger partial charge on any atom is -0.398 e. The van der Waals surface area contributed by atoms with Crippen molar-refractivity contribution in [3.8, 4) is 0 Å². The summed E-state index contributed by atoms with van der Waals surface area (Å²) in [5.41, 5.74) is 7.72. The van der Waals surface area contributed by atoms with Crippen molar-refractivity contribution < 1.29 is 13.2 Å². The molecule has 0 aromatic heterocycles. The standard InChI is InChI=1S/C13H22N2O3S/c1-5-18-9-8-15(4)19(16,17)13-11(3)10(2)6-7-12(13)14/h6-7H,5,8-9,14H2,1-4H3. The van der Waals surface area contributed by atoms with E-state index in [1.54, 1.807) is 13.0 Å². The summed E-state index contributed by atoms with van der Waals surface area (Å²) in [5, 5.41) is 0. The van der Waals surface area contributed by atoms with Crippen molar-refractivity contribution in [2.45, 2.75) is 25.7 Å². The molecule has 0 radical (unpaired) electrons. The third-order valence-electron chi connectivity index (χ3n) is 3.13. The molecule has 108 valence electrons. The highest BCUT2D eigenvalue weighted by molar-refractivity contribution is 7.89. The highest BCUT2D eigenvalue weighted by Crippen LogP contribution is 2.27. The second kappa shape index (κ2) is 6.36. The van der Waals surface area contributed by atoms with Crippen molar-refractivity contribution >= 4 is 15.7 Å². The maximum Gasteiger partial charge on any atom is 0.245 e. The number of nitrogen functional groups attached to an aromatic ring is 1. The molecule has 1 aromatic carbocycles. The first kappa shape index (κ1) is 15.9. The lowest BCUT2D eigenvalue weighted by molar-refractivity contribution is 0.138. The van der Waals surface area contributed by atoms with Crippen molar-refractivity contribution in [2.24, 2.45) is 0 Å². The third-order valence-corrected chi connectivity index (χ3v) is 5.19. The fourth-order valence-electron chi connectivity index (χ4n) is 1.77. The zero-order valence-electron chi connectivity index (χ0n) is 11.9. The van der Waals surface area contributed by atoms with Gasteiger partial charge in [0, 0.05) is 20.2 Å². The fraction of sp³-hybridized carbons (Fsp3) is 0.538. The smallest absolute Gasteiger partial charge is 0.245 e. The van der Waals surface area contributed by atoms with Gasteiger partial charge in [0.2, 0.25) is 10.0 Å². The van der Waals surface area contributed by atoms with Gasteiger partial charge in [-0.15, -0.1) is 0 Å². The Labute approximate surface area is 115 Å². The summed E-state index contributed by atoms with van der Waals surface area (Å²) in [4.78, 5) is 0.200. The molecular formula is C13H22N2O3S. The zero-order chi connectivity index (χ0) is 14.6. The van der Waals surface area contributed by atoms with Gasteiger partial charge in [0.1, 0.15) is 4.90 Å². The van der Waals surface area contributed by atoms with Gasteiger partial charge in [0.15, 0.2) is 0 Å². The number of ether oxygens (including phenoxy) is 1. The molecule has 6 heteroatoms. The second-order valence-electron chi connectivity index (χ2n) is 4.45. The lowest BCUT2D eigenvalue weighted by Gasteiger charge is -2.20. The fourth-order valence-corrected chi connectivity index (χ4v) is 3.31. The van der Waals surface area contributed by atoms with Crippen molar-refractivity contribution in [1.29, 1.82) is 0 Å². The van der Waals surface area contributed by atoms with Crippen molar-refractivity contribution in [3.05, 3.63) is 23.3 Å². The minimum atomic E-state index is -3.57. The van der Waals surface area contributed by atoms with Crippen LogP contribution in [0, 0.1) is 13.8 Å². The Balaban J connectivity index is 3.10. The summed E-state index contributed by atoms with van der Waals surface area (Å²) in [6, 6.07) is 3.45. The number of anilines is 1. The number of hydrogen-bond donors (Lipinski definition) is 1. The van der Waals surface area contributed by atoms with Crippen LogP contribution in [0.2, 0.25) is 0 Å².